The molecule has 0 unspecified atom stereocenters. The number of anilines is 1. The van der Waals surface area contributed by atoms with E-state index in [2.05, 4.69) is 20.6 Å². The molecule has 0 atom stereocenters. The van der Waals surface area contributed by atoms with E-state index in [0.717, 1.165) is 28.1 Å². The van der Waals surface area contributed by atoms with E-state index in [4.69, 9.17) is 12.2 Å². The topological polar surface area (TPSA) is 69.8 Å². The van der Waals surface area contributed by atoms with Crippen molar-refractivity contribution in [2.75, 3.05) is 5.32 Å². The van der Waals surface area contributed by atoms with Crippen LogP contribution in [0, 0.1) is 0 Å². The number of fused-ring (bicyclic) bond motifs is 1. The van der Waals surface area contributed by atoms with Crippen LogP contribution in [0.3, 0.4) is 0 Å². The summed E-state index contributed by atoms with van der Waals surface area (Å²) in [6.45, 7) is 0. The Balaban J connectivity index is 1.50. The van der Waals surface area contributed by atoms with Gasteiger partial charge in [-0.2, -0.15) is 0 Å². The molecule has 0 radical (unpaired) electrons. The lowest BCUT2D eigenvalue weighted by Gasteiger charge is -2.09. The summed E-state index contributed by atoms with van der Waals surface area (Å²) in [6, 6.07) is 19.2. The Bertz CT molecular complexity index is 1050. The highest BCUT2D eigenvalue weighted by molar-refractivity contribution is 7.80. The minimum atomic E-state index is -0.217. The highest BCUT2D eigenvalue weighted by Gasteiger charge is 2.10. The summed E-state index contributed by atoms with van der Waals surface area (Å²) >= 11 is 6.61. The van der Waals surface area contributed by atoms with Gasteiger partial charge in [0.1, 0.15) is 5.82 Å². The van der Waals surface area contributed by atoms with Crippen molar-refractivity contribution < 1.29 is 4.79 Å². The molecule has 0 saturated heterocycles. The van der Waals surface area contributed by atoms with Crippen LogP contribution in [0.15, 0.2) is 66.0 Å². The van der Waals surface area contributed by atoms with E-state index in [1.165, 1.54) is 11.3 Å². The molecule has 0 fully saturated rings. The molecule has 2 aromatic carbocycles. The molecule has 128 valence electrons. The van der Waals surface area contributed by atoms with E-state index in [-0.39, 0.29) is 11.0 Å². The van der Waals surface area contributed by atoms with Crippen molar-refractivity contribution in [3.63, 3.8) is 0 Å². The molecule has 0 aliphatic rings. The number of nitrogens with one attached hydrogen (secondary N) is 3. The summed E-state index contributed by atoms with van der Waals surface area (Å²) in [5, 5.41) is 7.83. The second-order valence-corrected chi connectivity index (χ2v) is 6.92. The number of imidazole rings is 1. The van der Waals surface area contributed by atoms with Crippen molar-refractivity contribution in [1.82, 2.24) is 15.3 Å². The van der Waals surface area contributed by atoms with Gasteiger partial charge in [0.2, 0.25) is 0 Å². The van der Waals surface area contributed by atoms with Gasteiger partial charge in [-0.05, 0) is 47.9 Å². The lowest BCUT2D eigenvalue weighted by atomic mass is 10.2. The van der Waals surface area contributed by atoms with Crippen LogP contribution >= 0.6 is 23.6 Å². The van der Waals surface area contributed by atoms with E-state index in [1.54, 1.807) is 6.07 Å². The fourth-order valence-corrected chi connectivity index (χ4v) is 3.40. The van der Waals surface area contributed by atoms with Gasteiger partial charge in [0.25, 0.3) is 5.91 Å². The molecule has 7 heteroatoms. The van der Waals surface area contributed by atoms with Gasteiger partial charge in [-0.15, -0.1) is 11.3 Å². The van der Waals surface area contributed by atoms with Crippen molar-refractivity contribution in [2.45, 2.75) is 0 Å². The Hall–Kier alpha value is -3.03. The third-order valence-electron chi connectivity index (χ3n) is 3.76. The third-order valence-corrected chi connectivity index (χ3v) is 4.83. The number of aromatic nitrogens is 2. The summed E-state index contributed by atoms with van der Waals surface area (Å²) in [4.78, 5) is 20.6. The SMILES string of the molecule is O=C(NC(=S)Nc1cccc(-c2nc3ccccc3[nH]2)c1)c1cccs1. The van der Waals surface area contributed by atoms with E-state index in [0.29, 0.717) is 4.88 Å². The first-order valence-electron chi connectivity index (χ1n) is 7.90. The highest BCUT2D eigenvalue weighted by atomic mass is 32.1. The van der Waals surface area contributed by atoms with Crippen LogP contribution in [0.5, 0.6) is 0 Å². The number of carbonyl (C=O) groups is 1. The first-order valence-corrected chi connectivity index (χ1v) is 9.19. The van der Waals surface area contributed by atoms with Crippen molar-refractivity contribution in [1.29, 1.82) is 0 Å². The Morgan fingerprint density at radius 2 is 1.96 bits per heavy atom. The second-order valence-electron chi connectivity index (χ2n) is 5.57. The number of rotatable bonds is 3. The molecule has 1 amide bonds. The number of carbonyl (C=O) groups excluding carboxylic acids is 1. The number of amides is 1. The normalized spacial score (nSPS) is 10.6. The molecule has 4 rings (SSSR count). The quantitative estimate of drug-likeness (QED) is 0.462. The molecule has 2 heterocycles. The van der Waals surface area contributed by atoms with E-state index >= 15 is 0 Å². The number of thiocarbonyl (C=S) groups is 1. The predicted molar refractivity (Wildman–Crippen MR) is 110 cm³/mol. The van der Waals surface area contributed by atoms with Crippen LogP contribution in [-0.2, 0) is 0 Å². The first-order chi connectivity index (χ1) is 12.7. The molecule has 2 aromatic heterocycles. The predicted octanol–water partition coefficient (Wildman–Crippen LogP) is 4.42. The number of para-hydroxylation sites is 2. The summed E-state index contributed by atoms with van der Waals surface area (Å²) in [5.74, 6) is 0.564. The Labute approximate surface area is 159 Å². The van der Waals surface area contributed by atoms with Gasteiger partial charge in [0, 0.05) is 11.3 Å². The van der Waals surface area contributed by atoms with Gasteiger partial charge in [-0.3, -0.25) is 10.1 Å². The van der Waals surface area contributed by atoms with Crippen LogP contribution in [0.1, 0.15) is 9.67 Å². The third kappa shape index (κ3) is 3.49. The van der Waals surface area contributed by atoms with Gasteiger partial charge in [0.05, 0.1) is 15.9 Å². The maximum atomic E-state index is 12.1. The molecule has 0 spiro atoms. The summed E-state index contributed by atoms with van der Waals surface area (Å²) < 4.78 is 0. The molecule has 0 aliphatic heterocycles. The van der Waals surface area contributed by atoms with Crippen LogP contribution in [-0.4, -0.2) is 21.0 Å². The average molecular weight is 378 g/mol. The van der Waals surface area contributed by atoms with Gasteiger partial charge in [-0.1, -0.05) is 30.3 Å². The van der Waals surface area contributed by atoms with Gasteiger partial charge >= 0.3 is 0 Å². The fourth-order valence-electron chi connectivity index (χ4n) is 2.57. The fraction of sp³-hybridized carbons (Fsp3) is 0. The zero-order valence-electron chi connectivity index (χ0n) is 13.5. The van der Waals surface area contributed by atoms with Crippen LogP contribution in [0.25, 0.3) is 22.4 Å². The standard InChI is InChI=1S/C19H14N4OS2/c24-18(16-9-4-10-26-16)23-19(25)20-13-6-3-5-12(11-13)17-21-14-7-1-2-8-15(14)22-17/h1-11H,(H,21,22)(H2,20,23,24,25). The van der Waals surface area contributed by atoms with E-state index in [9.17, 15) is 4.79 Å². The molecule has 0 aliphatic carbocycles. The summed E-state index contributed by atoms with van der Waals surface area (Å²) in [7, 11) is 0. The number of H-pyrrole nitrogens is 1. The largest absolute Gasteiger partial charge is 0.338 e. The van der Waals surface area contributed by atoms with Crippen molar-refractivity contribution >= 4 is 51.3 Å². The Morgan fingerprint density at radius 1 is 1.08 bits per heavy atom. The first kappa shape index (κ1) is 16.4. The Kier molecular flexibility index (Phi) is 4.47. The van der Waals surface area contributed by atoms with Crippen LogP contribution in [0.2, 0.25) is 0 Å². The number of hydrogen-bond acceptors (Lipinski definition) is 4. The molecule has 26 heavy (non-hydrogen) atoms. The van der Waals surface area contributed by atoms with Gasteiger partial charge in [-0.25, -0.2) is 4.98 Å². The molecular formula is C19H14N4OS2. The number of aromatic amines is 1. The number of hydrogen-bond donors (Lipinski definition) is 3. The van der Waals surface area contributed by atoms with Crippen LogP contribution in [0.4, 0.5) is 5.69 Å². The average Bonchev–Trinajstić information content (AvgIpc) is 3.31. The second kappa shape index (κ2) is 7.07. The van der Waals surface area contributed by atoms with E-state index < -0.39 is 0 Å². The number of nitrogens with zero attached hydrogens (tertiary/aromatic N) is 1. The van der Waals surface area contributed by atoms with Gasteiger partial charge < -0.3 is 10.3 Å². The minimum Gasteiger partial charge on any atom is -0.338 e. The summed E-state index contributed by atoms with van der Waals surface area (Å²) in [6.07, 6.45) is 0. The zero-order chi connectivity index (χ0) is 17.9. The van der Waals surface area contributed by atoms with Crippen LogP contribution < -0.4 is 10.6 Å². The van der Waals surface area contributed by atoms with Crippen molar-refractivity contribution in [3.05, 3.63) is 70.9 Å². The molecule has 4 aromatic rings. The van der Waals surface area contributed by atoms with Crippen molar-refractivity contribution in [2.24, 2.45) is 0 Å². The molecule has 0 bridgehead atoms. The zero-order valence-corrected chi connectivity index (χ0v) is 15.2. The molecule has 5 nitrogen and oxygen atoms in total. The monoisotopic (exact) mass is 378 g/mol. The molecule has 3 N–H and O–H groups in total. The number of benzene rings is 2. The maximum absolute atomic E-state index is 12.1. The van der Waals surface area contributed by atoms with Gasteiger partial charge in [0.15, 0.2) is 5.11 Å². The summed E-state index contributed by atoms with van der Waals surface area (Å²) in [5.41, 5.74) is 3.61. The molecular weight excluding hydrogens is 364 g/mol. The Morgan fingerprint density at radius 3 is 2.77 bits per heavy atom. The lowest BCUT2D eigenvalue weighted by molar-refractivity contribution is 0.0981. The van der Waals surface area contributed by atoms with Crippen molar-refractivity contribution in [3.8, 4) is 11.4 Å². The van der Waals surface area contributed by atoms with E-state index in [1.807, 2.05) is 60.0 Å². The number of thiophene rings is 1. The smallest absolute Gasteiger partial charge is 0.267 e. The minimum absolute atomic E-state index is 0.217. The molecule has 0 saturated carbocycles. The lowest BCUT2D eigenvalue weighted by Crippen LogP contribution is -2.33. The maximum Gasteiger partial charge on any atom is 0.267 e. The highest BCUT2D eigenvalue weighted by Crippen LogP contribution is 2.23.